The molecular weight excluding hydrogens is 199 g/mol. The maximum atomic E-state index is 13.3. The van der Waals surface area contributed by atoms with Crippen molar-refractivity contribution in [3.63, 3.8) is 0 Å². The van der Waals surface area contributed by atoms with Crippen molar-refractivity contribution in [3.05, 3.63) is 29.6 Å². The molecule has 2 N–H and O–H groups in total. The molecule has 1 aromatic carbocycles. The van der Waals surface area contributed by atoms with Crippen LogP contribution >= 0.6 is 0 Å². The van der Waals surface area contributed by atoms with Crippen molar-refractivity contribution in [2.45, 2.75) is 26.1 Å². The number of hydrogen-bond donors (Lipinski definition) is 2. The summed E-state index contributed by atoms with van der Waals surface area (Å²) in [6, 6.07) is 4.23. The zero-order chi connectivity index (χ0) is 11.4. The van der Waals surface area contributed by atoms with Crippen LogP contribution in [0.1, 0.15) is 25.5 Å². The summed E-state index contributed by atoms with van der Waals surface area (Å²) < 4.78 is 18.4. The van der Waals surface area contributed by atoms with E-state index < -0.39 is 18.0 Å². The lowest BCUT2D eigenvalue weighted by Gasteiger charge is -2.10. The van der Waals surface area contributed by atoms with Gasteiger partial charge >= 0.3 is 0 Å². The molecule has 0 aliphatic heterocycles. The highest BCUT2D eigenvalue weighted by Gasteiger charge is 2.09. The van der Waals surface area contributed by atoms with Crippen molar-refractivity contribution in [1.82, 2.24) is 0 Å². The topological polar surface area (TPSA) is 49.7 Å². The summed E-state index contributed by atoms with van der Waals surface area (Å²) in [5, 5.41) is 18.2. The fourth-order valence-corrected chi connectivity index (χ4v) is 1.15. The molecular formula is C11H15FO3. The van der Waals surface area contributed by atoms with E-state index in [0.29, 0.717) is 5.75 Å². The molecule has 0 fully saturated rings. The highest BCUT2D eigenvalue weighted by Crippen LogP contribution is 2.21. The van der Waals surface area contributed by atoms with Crippen LogP contribution in [0.3, 0.4) is 0 Å². The molecule has 0 aromatic heterocycles. The summed E-state index contributed by atoms with van der Waals surface area (Å²) in [4.78, 5) is 0. The monoisotopic (exact) mass is 214 g/mol. The molecule has 1 rings (SSSR count). The van der Waals surface area contributed by atoms with E-state index in [1.165, 1.54) is 19.1 Å². The Kier molecular flexibility index (Phi) is 4.05. The molecule has 0 heterocycles. The lowest BCUT2D eigenvalue weighted by molar-refractivity contribution is 0.122. The Labute approximate surface area is 88.1 Å². The van der Waals surface area contributed by atoms with Crippen LogP contribution in [0.2, 0.25) is 0 Å². The first-order valence-corrected chi connectivity index (χ1v) is 4.79. The van der Waals surface area contributed by atoms with Gasteiger partial charge in [-0.25, -0.2) is 4.39 Å². The van der Waals surface area contributed by atoms with Crippen LogP contribution in [0.4, 0.5) is 4.39 Å². The minimum absolute atomic E-state index is 0.119. The van der Waals surface area contributed by atoms with Gasteiger partial charge in [0, 0.05) is 11.6 Å². The number of rotatable bonds is 4. The van der Waals surface area contributed by atoms with Crippen molar-refractivity contribution in [3.8, 4) is 5.75 Å². The molecule has 0 radical (unpaired) electrons. The zero-order valence-corrected chi connectivity index (χ0v) is 8.77. The maximum Gasteiger partial charge on any atom is 0.132 e. The first-order valence-electron chi connectivity index (χ1n) is 4.79. The van der Waals surface area contributed by atoms with Crippen molar-refractivity contribution >= 4 is 0 Å². The minimum atomic E-state index is -0.837. The van der Waals surface area contributed by atoms with E-state index in [4.69, 9.17) is 9.84 Å². The summed E-state index contributed by atoms with van der Waals surface area (Å²) in [7, 11) is 0. The van der Waals surface area contributed by atoms with E-state index in [2.05, 4.69) is 0 Å². The maximum absolute atomic E-state index is 13.3. The lowest BCUT2D eigenvalue weighted by atomic mass is 10.1. The van der Waals surface area contributed by atoms with Crippen LogP contribution in [0.5, 0.6) is 5.75 Å². The quantitative estimate of drug-likeness (QED) is 0.801. The van der Waals surface area contributed by atoms with Crippen molar-refractivity contribution < 1.29 is 19.3 Å². The Bertz CT molecular complexity index is 324. The van der Waals surface area contributed by atoms with Crippen LogP contribution in [0, 0.1) is 5.82 Å². The third-order valence-electron chi connectivity index (χ3n) is 1.91. The predicted molar refractivity (Wildman–Crippen MR) is 54.2 cm³/mol. The number of aliphatic hydroxyl groups is 2. The second kappa shape index (κ2) is 5.09. The van der Waals surface area contributed by atoms with Crippen molar-refractivity contribution in [2.24, 2.45) is 0 Å². The summed E-state index contributed by atoms with van der Waals surface area (Å²) in [6.07, 6.45) is -1.43. The van der Waals surface area contributed by atoms with E-state index in [1.807, 2.05) is 0 Å². The number of halogens is 1. The summed E-state index contributed by atoms with van der Waals surface area (Å²) in [5.74, 6) is -0.161. The Morgan fingerprint density at radius 2 is 2.00 bits per heavy atom. The summed E-state index contributed by atoms with van der Waals surface area (Å²) in [5.41, 5.74) is 0.236. The van der Waals surface area contributed by atoms with Gasteiger partial charge in [-0.1, -0.05) is 0 Å². The van der Waals surface area contributed by atoms with E-state index in [1.54, 1.807) is 13.0 Å². The average molecular weight is 214 g/mol. The van der Waals surface area contributed by atoms with Crippen LogP contribution in [-0.2, 0) is 0 Å². The summed E-state index contributed by atoms with van der Waals surface area (Å²) >= 11 is 0. The first kappa shape index (κ1) is 11.9. The van der Waals surface area contributed by atoms with Gasteiger partial charge in [0.05, 0.1) is 12.2 Å². The average Bonchev–Trinajstić information content (AvgIpc) is 2.14. The molecule has 0 spiro atoms. The Morgan fingerprint density at radius 1 is 1.33 bits per heavy atom. The third kappa shape index (κ3) is 3.49. The van der Waals surface area contributed by atoms with E-state index in [9.17, 15) is 9.50 Å². The first-order chi connectivity index (χ1) is 7.00. The molecule has 0 aliphatic carbocycles. The largest absolute Gasteiger partial charge is 0.491 e. The van der Waals surface area contributed by atoms with E-state index in [0.717, 1.165) is 0 Å². The van der Waals surface area contributed by atoms with E-state index in [-0.39, 0.29) is 12.2 Å². The van der Waals surface area contributed by atoms with Gasteiger partial charge in [-0.3, -0.25) is 0 Å². The molecule has 0 saturated heterocycles. The standard InChI is InChI=1S/C11H15FO3/c1-7(13)6-15-9-3-4-10(8(2)14)11(12)5-9/h3-5,7-8,13-14H,6H2,1-2H3. The van der Waals surface area contributed by atoms with E-state index >= 15 is 0 Å². The van der Waals surface area contributed by atoms with Crippen LogP contribution in [-0.4, -0.2) is 22.9 Å². The lowest BCUT2D eigenvalue weighted by Crippen LogP contribution is -2.13. The number of benzene rings is 1. The molecule has 4 heteroatoms. The van der Waals surface area contributed by atoms with Crippen molar-refractivity contribution in [1.29, 1.82) is 0 Å². The van der Waals surface area contributed by atoms with Gasteiger partial charge in [0.1, 0.15) is 18.2 Å². The van der Waals surface area contributed by atoms with Gasteiger partial charge in [-0.2, -0.15) is 0 Å². The second-order valence-electron chi connectivity index (χ2n) is 3.52. The molecule has 0 bridgehead atoms. The highest BCUT2D eigenvalue weighted by atomic mass is 19.1. The van der Waals surface area contributed by atoms with Crippen LogP contribution in [0.15, 0.2) is 18.2 Å². The van der Waals surface area contributed by atoms with Crippen LogP contribution in [0.25, 0.3) is 0 Å². The molecule has 0 aliphatic rings. The van der Waals surface area contributed by atoms with Crippen molar-refractivity contribution in [2.75, 3.05) is 6.61 Å². The Hall–Kier alpha value is -1.13. The fraction of sp³-hybridized carbons (Fsp3) is 0.455. The van der Waals surface area contributed by atoms with Crippen LogP contribution < -0.4 is 4.74 Å². The molecule has 0 saturated carbocycles. The Morgan fingerprint density at radius 3 is 2.47 bits per heavy atom. The second-order valence-corrected chi connectivity index (χ2v) is 3.52. The SMILES string of the molecule is CC(O)COc1ccc(C(C)O)c(F)c1. The molecule has 3 nitrogen and oxygen atoms in total. The smallest absolute Gasteiger partial charge is 0.132 e. The number of aliphatic hydroxyl groups excluding tert-OH is 2. The molecule has 2 unspecified atom stereocenters. The molecule has 15 heavy (non-hydrogen) atoms. The molecule has 0 amide bonds. The zero-order valence-electron chi connectivity index (χ0n) is 8.77. The van der Waals surface area contributed by atoms with Gasteiger partial charge in [-0.05, 0) is 26.0 Å². The van der Waals surface area contributed by atoms with Gasteiger partial charge in [0.25, 0.3) is 0 Å². The Balaban J connectivity index is 2.73. The molecule has 84 valence electrons. The molecule has 2 atom stereocenters. The fourth-order valence-electron chi connectivity index (χ4n) is 1.15. The normalized spacial score (nSPS) is 14.7. The minimum Gasteiger partial charge on any atom is -0.491 e. The third-order valence-corrected chi connectivity index (χ3v) is 1.91. The highest BCUT2D eigenvalue weighted by molar-refractivity contribution is 5.29. The number of ether oxygens (including phenoxy) is 1. The summed E-state index contributed by atoms with van der Waals surface area (Å²) in [6.45, 7) is 3.20. The van der Waals surface area contributed by atoms with Gasteiger partial charge in [0.15, 0.2) is 0 Å². The van der Waals surface area contributed by atoms with Gasteiger partial charge in [0.2, 0.25) is 0 Å². The number of hydrogen-bond acceptors (Lipinski definition) is 3. The predicted octanol–water partition coefficient (Wildman–Crippen LogP) is 1.64. The van der Waals surface area contributed by atoms with Gasteiger partial charge in [-0.15, -0.1) is 0 Å². The van der Waals surface area contributed by atoms with Gasteiger partial charge < -0.3 is 14.9 Å². The molecule has 1 aromatic rings.